The van der Waals surface area contributed by atoms with Crippen LogP contribution >= 0.6 is 0 Å². The van der Waals surface area contributed by atoms with E-state index in [1.807, 2.05) is 20.8 Å². The first-order valence-electron chi connectivity index (χ1n) is 6.35. The van der Waals surface area contributed by atoms with Crippen molar-refractivity contribution in [1.82, 2.24) is 5.32 Å². The van der Waals surface area contributed by atoms with Crippen molar-refractivity contribution in [2.75, 3.05) is 6.54 Å². The summed E-state index contributed by atoms with van der Waals surface area (Å²) >= 11 is 0. The molecule has 1 aliphatic heterocycles. The van der Waals surface area contributed by atoms with E-state index in [0.717, 1.165) is 19.4 Å². The number of rotatable bonds is 2. The average Bonchev–Trinajstić information content (AvgIpc) is 2.81. The van der Waals surface area contributed by atoms with Crippen molar-refractivity contribution in [3.05, 3.63) is 0 Å². The van der Waals surface area contributed by atoms with E-state index in [4.69, 9.17) is 4.74 Å². The normalized spacial score (nSPS) is 27.8. The lowest BCUT2D eigenvalue weighted by molar-refractivity contribution is -0.156. The number of hydrogen-bond donors (Lipinski definition) is 1. The highest BCUT2D eigenvalue weighted by Gasteiger charge is 2.46. The van der Waals surface area contributed by atoms with Gasteiger partial charge >= 0.3 is 5.97 Å². The first kappa shape index (κ1) is 11.9. The minimum atomic E-state index is -0.346. The van der Waals surface area contributed by atoms with E-state index >= 15 is 0 Å². The maximum Gasteiger partial charge on any atom is 0.306 e. The third-order valence-electron chi connectivity index (χ3n) is 3.46. The minimum Gasteiger partial charge on any atom is -0.460 e. The summed E-state index contributed by atoms with van der Waals surface area (Å²) in [6, 6.07) is 0. The molecule has 0 bridgehead atoms. The fourth-order valence-electron chi connectivity index (χ4n) is 2.59. The lowest BCUT2D eigenvalue weighted by atomic mass is 9.88. The van der Waals surface area contributed by atoms with Crippen molar-refractivity contribution in [3.8, 4) is 0 Å². The maximum atomic E-state index is 11.7. The summed E-state index contributed by atoms with van der Waals surface area (Å²) in [6.45, 7) is 6.84. The van der Waals surface area contributed by atoms with Crippen LogP contribution in [0, 0.1) is 5.92 Å². The second-order valence-corrected chi connectivity index (χ2v) is 6.36. The average molecular weight is 225 g/mol. The van der Waals surface area contributed by atoms with Crippen LogP contribution in [-0.2, 0) is 9.53 Å². The molecular weight excluding hydrogens is 202 g/mol. The Morgan fingerprint density at radius 1 is 1.44 bits per heavy atom. The highest BCUT2D eigenvalue weighted by molar-refractivity contribution is 5.70. The molecule has 16 heavy (non-hydrogen) atoms. The molecule has 2 aliphatic rings. The van der Waals surface area contributed by atoms with Crippen LogP contribution in [0.5, 0.6) is 0 Å². The maximum absolute atomic E-state index is 11.7. The Bertz CT molecular complexity index is 276. The molecule has 3 nitrogen and oxygen atoms in total. The van der Waals surface area contributed by atoms with Crippen LogP contribution in [0.4, 0.5) is 0 Å². The van der Waals surface area contributed by atoms with E-state index in [9.17, 15) is 4.79 Å². The Morgan fingerprint density at radius 2 is 2.12 bits per heavy atom. The van der Waals surface area contributed by atoms with Gasteiger partial charge in [-0.15, -0.1) is 0 Å². The number of esters is 1. The predicted molar refractivity (Wildman–Crippen MR) is 63.2 cm³/mol. The van der Waals surface area contributed by atoms with E-state index in [1.165, 1.54) is 12.8 Å². The van der Waals surface area contributed by atoms with Gasteiger partial charge in [0.1, 0.15) is 5.60 Å². The molecule has 2 rings (SSSR count). The fourth-order valence-corrected chi connectivity index (χ4v) is 2.59. The zero-order valence-corrected chi connectivity index (χ0v) is 10.6. The van der Waals surface area contributed by atoms with Crippen molar-refractivity contribution in [2.45, 2.75) is 64.0 Å². The summed E-state index contributed by atoms with van der Waals surface area (Å²) in [5.41, 5.74) is 0.0617. The van der Waals surface area contributed by atoms with Crippen LogP contribution in [0.2, 0.25) is 0 Å². The summed E-state index contributed by atoms with van der Waals surface area (Å²) in [7, 11) is 0. The first-order chi connectivity index (χ1) is 7.39. The van der Waals surface area contributed by atoms with Crippen LogP contribution < -0.4 is 5.32 Å². The van der Waals surface area contributed by atoms with Gasteiger partial charge in [0, 0.05) is 12.0 Å². The molecule has 1 N–H and O–H groups in total. The van der Waals surface area contributed by atoms with Crippen molar-refractivity contribution >= 4 is 5.97 Å². The Hall–Kier alpha value is -0.570. The predicted octanol–water partition coefficient (Wildman–Crippen LogP) is 2.25. The van der Waals surface area contributed by atoms with Gasteiger partial charge in [0.25, 0.3) is 0 Å². The molecule has 1 heterocycles. The van der Waals surface area contributed by atoms with E-state index in [2.05, 4.69) is 5.32 Å². The Labute approximate surface area is 97.9 Å². The number of piperidine rings is 1. The zero-order chi connectivity index (χ0) is 11.8. The molecule has 1 saturated carbocycles. The van der Waals surface area contributed by atoms with Crippen LogP contribution in [0.25, 0.3) is 0 Å². The van der Waals surface area contributed by atoms with Gasteiger partial charge in [-0.05, 0) is 58.9 Å². The third-order valence-corrected chi connectivity index (χ3v) is 3.46. The van der Waals surface area contributed by atoms with E-state index < -0.39 is 0 Å². The Balaban J connectivity index is 1.78. The molecule has 2 fully saturated rings. The van der Waals surface area contributed by atoms with E-state index in [0.29, 0.717) is 17.9 Å². The van der Waals surface area contributed by atoms with Gasteiger partial charge in [-0.3, -0.25) is 4.79 Å². The summed E-state index contributed by atoms with van der Waals surface area (Å²) in [5, 5.41) is 3.57. The summed E-state index contributed by atoms with van der Waals surface area (Å²) < 4.78 is 5.37. The zero-order valence-electron chi connectivity index (χ0n) is 10.6. The standard InChI is InChI=1S/C13H23NO2/c1-12(2,3)16-11(15)8-10-4-7-14-13(9-10)5-6-13/h10,14H,4-9H2,1-3H3. The van der Waals surface area contributed by atoms with Gasteiger partial charge in [-0.2, -0.15) is 0 Å². The fraction of sp³-hybridized carbons (Fsp3) is 0.923. The van der Waals surface area contributed by atoms with Gasteiger partial charge in [0.05, 0.1) is 0 Å². The Kier molecular flexibility index (Phi) is 2.99. The molecule has 3 heteroatoms. The van der Waals surface area contributed by atoms with Crippen LogP contribution in [0.3, 0.4) is 0 Å². The van der Waals surface area contributed by atoms with Crippen molar-refractivity contribution in [2.24, 2.45) is 5.92 Å². The number of nitrogens with one attached hydrogen (secondary N) is 1. The molecule has 0 aromatic heterocycles. The molecule has 1 aliphatic carbocycles. The number of carbonyl (C=O) groups excluding carboxylic acids is 1. The lowest BCUT2D eigenvalue weighted by Gasteiger charge is -2.30. The monoisotopic (exact) mass is 225 g/mol. The van der Waals surface area contributed by atoms with Gasteiger partial charge in [0.15, 0.2) is 0 Å². The molecular formula is C13H23NO2. The molecule has 0 amide bonds. The lowest BCUT2D eigenvalue weighted by Crippen LogP contribution is -2.41. The highest BCUT2D eigenvalue weighted by atomic mass is 16.6. The highest BCUT2D eigenvalue weighted by Crippen LogP contribution is 2.44. The molecule has 1 atom stereocenters. The summed E-state index contributed by atoms with van der Waals surface area (Å²) in [4.78, 5) is 11.7. The molecule has 1 spiro atoms. The molecule has 92 valence electrons. The smallest absolute Gasteiger partial charge is 0.306 e. The van der Waals surface area contributed by atoms with Crippen LogP contribution in [0.15, 0.2) is 0 Å². The van der Waals surface area contributed by atoms with Crippen molar-refractivity contribution < 1.29 is 9.53 Å². The van der Waals surface area contributed by atoms with Crippen LogP contribution in [-0.4, -0.2) is 23.7 Å². The molecule has 0 aromatic carbocycles. The molecule has 0 radical (unpaired) electrons. The Morgan fingerprint density at radius 3 is 2.69 bits per heavy atom. The van der Waals surface area contributed by atoms with Gasteiger partial charge in [-0.1, -0.05) is 0 Å². The summed E-state index contributed by atoms with van der Waals surface area (Å²) in [5.74, 6) is 0.494. The van der Waals surface area contributed by atoms with Crippen LogP contribution in [0.1, 0.15) is 52.9 Å². The second-order valence-electron chi connectivity index (χ2n) is 6.36. The molecule has 1 saturated heterocycles. The quantitative estimate of drug-likeness (QED) is 0.733. The van der Waals surface area contributed by atoms with E-state index in [-0.39, 0.29) is 11.6 Å². The summed E-state index contributed by atoms with van der Waals surface area (Å²) in [6.07, 6.45) is 5.45. The van der Waals surface area contributed by atoms with Crippen molar-refractivity contribution in [3.63, 3.8) is 0 Å². The van der Waals surface area contributed by atoms with Gasteiger partial charge in [-0.25, -0.2) is 0 Å². The number of carbonyl (C=O) groups is 1. The number of hydrogen-bond acceptors (Lipinski definition) is 3. The molecule has 1 unspecified atom stereocenters. The SMILES string of the molecule is CC(C)(C)OC(=O)CC1CCNC2(CC2)C1. The minimum absolute atomic E-state index is 0.0322. The van der Waals surface area contributed by atoms with Gasteiger partial charge in [0.2, 0.25) is 0 Å². The van der Waals surface area contributed by atoms with Crippen molar-refractivity contribution in [1.29, 1.82) is 0 Å². The third kappa shape index (κ3) is 3.21. The van der Waals surface area contributed by atoms with Gasteiger partial charge < -0.3 is 10.1 Å². The topological polar surface area (TPSA) is 38.3 Å². The first-order valence-corrected chi connectivity index (χ1v) is 6.35. The number of ether oxygens (including phenoxy) is 1. The van der Waals surface area contributed by atoms with E-state index in [1.54, 1.807) is 0 Å². The molecule has 0 aromatic rings. The largest absolute Gasteiger partial charge is 0.460 e. The second kappa shape index (κ2) is 4.02.